The monoisotopic (exact) mass is 284 g/mol. The average Bonchev–Trinajstić information content (AvgIpc) is 2.97. The van der Waals surface area contributed by atoms with Gasteiger partial charge in [0.05, 0.1) is 6.42 Å². The molecule has 1 aromatic carbocycles. The van der Waals surface area contributed by atoms with Gasteiger partial charge in [0.2, 0.25) is 0 Å². The van der Waals surface area contributed by atoms with Gasteiger partial charge in [0.25, 0.3) is 0 Å². The van der Waals surface area contributed by atoms with Crippen LogP contribution in [-0.2, 0) is 4.79 Å². The van der Waals surface area contributed by atoms with E-state index in [2.05, 4.69) is 15.9 Å². The molecule has 0 heterocycles. The van der Waals surface area contributed by atoms with E-state index in [0.717, 1.165) is 22.9 Å². The predicted molar refractivity (Wildman–Crippen MR) is 63.5 cm³/mol. The summed E-state index contributed by atoms with van der Waals surface area (Å²) in [5.41, 5.74) is 0.989. The van der Waals surface area contributed by atoms with Crippen LogP contribution in [0.15, 0.2) is 22.7 Å². The molecule has 0 amide bonds. The lowest BCUT2D eigenvalue weighted by Gasteiger charge is -2.16. The molecule has 1 saturated carbocycles. The summed E-state index contributed by atoms with van der Waals surface area (Å²) in [6.07, 6.45) is 2.37. The molecule has 1 fully saturated rings. The molecule has 0 bridgehead atoms. The van der Waals surface area contributed by atoms with Crippen molar-refractivity contribution in [2.75, 3.05) is 0 Å². The number of phenolic OH excluding ortho intramolecular Hbond substituents is 1. The van der Waals surface area contributed by atoms with Crippen molar-refractivity contribution in [3.05, 3.63) is 28.2 Å². The number of aromatic hydroxyl groups is 1. The van der Waals surface area contributed by atoms with E-state index in [-0.39, 0.29) is 18.1 Å². The van der Waals surface area contributed by atoms with Crippen LogP contribution in [0.2, 0.25) is 0 Å². The first-order valence-corrected chi connectivity index (χ1v) is 6.07. The molecule has 2 rings (SSSR count). The minimum absolute atomic E-state index is 0.0625. The lowest BCUT2D eigenvalue weighted by Crippen LogP contribution is -2.08. The Labute approximate surface area is 102 Å². The Kier molecular flexibility index (Phi) is 3.19. The molecule has 0 spiro atoms. The molecule has 16 heavy (non-hydrogen) atoms. The molecule has 1 aliphatic rings. The Bertz CT molecular complexity index is 413. The molecule has 86 valence electrons. The van der Waals surface area contributed by atoms with Crippen LogP contribution in [0.1, 0.15) is 30.7 Å². The van der Waals surface area contributed by atoms with E-state index in [1.165, 1.54) is 0 Å². The number of hydrogen-bond acceptors (Lipinski definition) is 2. The van der Waals surface area contributed by atoms with Gasteiger partial charge >= 0.3 is 5.97 Å². The number of rotatable bonds is 4. The number of halogens is 1. The molecular formula is C12H13BrO3. The van der Waals surface area contributed by atoms with Crippen LogP contribution >= 0.6 is 15.9 Å². The van der Waals surface area contributed by atoms with Crippen LogP contribution < -0.4 is 0 Å². The van der Waals surface area contributed by atoms with Crippen molar-refractivity contribution in [2.24, 2.45) is 5.92 Å². The van der Waals surface area contributed by atoms with E-state index < -0.39 is 5.97 Å². The SMILES string of the molecule is O=C(O)CC(c1ccc(O)cc1Br)C1CC1. The van der Waals surface area contributed by atoms with Crippen molar-refractivity contribution in [3.63, 3.8) is 0 Å². The Morgan fingerprint density at radius 2 is 2.19 bits per heavy atom. The van der Waals surface area contributed by atoms with Crippen molar-refractivity contribution in [1.82, 2.24) is 0 Å². The quantitative estimate of drug-likeness (QED) is 0.893. The van der Waals surface area contributed by atoms with Crippen molar-refractivity contribution in [3.8, 4) is 5.75 Å². The third-order valence-corrected chi connectivity index (χ3v) is 3.66. The fourth-order valence-corrected chi connectivity index (χ4v) is 2.69. The Morgan fingerprint density at radius 1 is 1.50 bits per heavy atom. The third kappa shape index (κ3) is 2.55. The molecule has 1 aromatic rings. The smallest absolute Gasteiger partial charge is 0.303 e. The molecule has 3 nitrogen and oxygen atoms in total. The summed E-state index contributed by atoms with van der Waals surface area (Å²) in [7, 11) is 0. The van der Waals surface area contributed by atoms with Gasteiger partial charge < -0.3 is 10.2 Å². The maximum absolute atomic E-state index is 10.8. The molecular weight excluding hydrogens is 272 g/mol. The van der Waals surface area contributed by atoms with Crippen LogP contribution in [0.5, 0.6) is 5.75 Å². The zero-order valence-electron chi connectivity index (χ0n) is 8.69. The number of carbonyl (C=O) groups is 1. The molecule has 4 heteroatoms. The summed E-state index contributed by atoms with van der Waals surface area (Å²) in [6, 6.07) is 5.04. The highest BCUT2D eigenvalue weighted by molar-refractivity contribution is 9.10. The standard InChI is InChI=1S/C12H13BrO3/c13-11-5-8(14)3-4-9(11)10(6-12(15)16)7-1-2-7/h3-5,7,10,14H,1-2,6H2,(H,15,16). The van der Waals surface area contributed by atoms with Crippen molar-refractivity contribution in [1.29, 1.82) is 0 Å². The number of phenols is 1. The molecule has 1 aliphatic carbocycles. The van der Waals surface area contributed by atoms with Gasteiger partial charge in [-0.05, 0) is 42.4 Å². The van der Waals surface area contributed by atoms with E-state index in [4.69, 9.17) is 5.11 Å². The second kappa shape index (κ2) is 4.45. The first kappa shape index (κ1) is 11.5. The summed E-state index contributed by atoms with van der Waals surface area (Å²) in [5, 5.41) is 18.2. The molecule has 2 N–H and O–H groups in total. The first-order valence-electron chi connectivity index (χ1n) is 5.28. The summed E-state index contributed by atoms with van der Waals surface area (Å²) in [6.45, 7) is 0. The van der Waals surface area contributed by atoms with Gasteiger partial charge in [-0.2, -0.15) is 0 Å². The second-order valence-electron chi connectivity index (χ2n) is 4.25. The average molecular weight is 285 g/mol. The predicted octanol–water partition coefficient (Wildman–Crippen LogP) is 3.12. The van der Waals surface area contributed by atoms with Gasteiger partial charge in [-0.15, -0.1) is 0 Å². The molecule has 0 saturated heterocycles. The zero-order valence-corrected chi connectivity index (χ0v) is 10.3. The van der Waals surface area contributed by atoms with Crippen molar-refractivity contribution >= 4 is 21.9 Å². The number of benzene rings is 1. The van der Waals surface area contributed by atoms with Gasteiger partial charge in [-0.3, -0.25) is 4.79 Å². The first-order chi connectivity index (χ1) is 7.58. The lowest BCUT2D eigenvalue weighted by molar-refractivity contribution is -0.137. The van der Waals surface area contributed by atoms with Gasteiger partial charge in [0.15, 0.2) is 0 Å². The fraction of sp³-hybridized carbons (Fsp3) is 0.417. The highest BCUT2D eigenvalue weighted by atomic mass is 79.9. The van der Waals surface area contributed by atoms with Crippen LogP contribution in [-0.4, -0.2) is 16.2 Å². The zero-order chi connectivity index (χ0) is 11.7. The molecule has 0 radical (unpaired) electrons. The summed E-state index contributed by atoms with van der Waals surface area (Å²) >= 11 is 3.38. The summed E-state index contributed by atoms with van der Waals surface area (Å²) in [4.78, 5) is 10.8. The van der Waals surface area contributed by atoms with Crippen molar-refractivity contribution < 1.29 is 15.0 Å². The lowest BCUT2D eigenvalue weighted by atomic mass is 9.91. The normalized spacial score (nSPS) is 17.1. The molecule has 1 unspecified atom stereocenters. The van der Waals surface area contributed by atoms with Gasteiger partial charge in [0, 0.05) is 4.47 Å². The van der Waals surface area contributed by atoms with Crippen LogP contribution in [0.3, 0.4) is 0 Å². The van der Waals surface area contributed by atoms with Gasteiger partial charge in [-0.25, -0.2) is 0 Å². The van der Waals surface area contributed by atoms with E-state index >= 15 is 0 Å². The second-order valence-corrected chi connectivity index (χ2v) is 5.10. The Morgan fingerprint density at radius 3 is 2.69 bits per heavy atom. The van der Waals surface area contributed by atoms with Crippen LogP contribution in [0.25, 0.3) is 0 Å². The molecule has 0 aromatic heterocycles. The minimum Gasteiger partial charge on any atom is -0.508 e. The third-order valence-electron chi connectivity index (χ3n) is 2.97. The maximum atomic E-state index is 10.8. The summed E-state index contributed by atoms with van der Waals surface area (Å²) < 4.78 is 0.797. The topological polar surface area (TPSA) is 57.5 Å². The van der Waals surface area contributed by atoms with E-state index in [1.54, 1.807) is 12.1 Å². The Balaban J connectivity index is 2.27. The largest absolute Gasteiger partial charge is 0.508 e. The summed E-state index contributed by atoms with van der Waals surface area (Å²) in [5.74, 6) is -0.0261. The van der Waals surface area contributed by atoms with Gasteiger partial charge in [0.1, 0.15) is 5.75 Å². The van der Waals surface area contributed by atoms with Gasteiger partial charge in [-0.1, -0.05) is 22.0 Å². The van der Waals surface area contributed by atoms with Crippen molar-refractivity contribution in [2.45, 2.75) is 25.2 Å². The maximum Gasteiger partial charge on any atom is 0.303 e. The fourth-order valence-electron chi connectivity index (χ4n) is 2.03. The number of carboxylic acids is 1. The number of hydrogen-bond donors (Lipinski definition) is 2. The van der Waals surface area contributed by atoms with Crippen LogP contribution in [0, 0.1) is 5.92 Å². The van der Waals surface area contributed by atoms with E-state index in [0.29, 0.717) is 5.92 Å². The van der Waals surface area contributed by atoms with E-state index in [1.807, 2.05) is 6.07 Å². The highest BCUT2D eigenvalue weighted by Gasteiger charge is 2.34. The highest BCUT2D eigenvalue weighted by Crippen LogP contribution is 2.46. The molecule has 1 atom stereocenters. The van der Waals surface area contributed by atoms with E-state index in [9.17, 15) is 9.90 Å². The molecule has 0 aliphatic heterocycles. The number of aliphatic carboxylic acids is 1. The number of carboxylic acid groups (broad SMARTS) is 1. The minimum atomic E-state index is -0.767. The van der Waals surface area contributed by atoms with Crippen LogP contribution in [0.4, 0.5) is 0 Å². The Hall–Kier alpha value is -1.03.